The monoisotopic (exact) mass is 368 g/mol. The Morgan fingerprint density at radius 3 is 2.81 bits per heavy atom. The van der Waals surface area contributed by atoms with Crippen LogP contribution in [0.25, 0.3) is 16.6 Å². The Balaban J connectivity index is 1.64. The van der Waals surface area contributed by atoms with Crippen molar-refractivity contribution in [2.24, 2.45) is 0 Å². The quantitative estimate of drug-likeness (QED) is 0.713. The average molecular weight is 368 g/mol. The fourth-order valence-electron chi connectivity index (χ4n) is 3.06. The molecule has 0 N–H and O–H groups in total. The lowest BCUT2D eigenvalue weighted by molar-refractivity contribution is -0.134. The van der Waals surface area contributed by atoms with Crippen molar-refractivity contribution < 1.29 is 18.7 Å². The molecule has 2 aromatic carbocycles. The van der Waals surface area contributed by atoms with Crippen LogP contribution in [0.15, 0.2) is 48.7 Å². The molecule has 2 amide bonds. The van der Waals surface area contributed by atoms with Crippen LogP contribution < -0.4 is 4.90 Å². The Kier molecular flexibility index (Phi) is 4.02. The number of carbonyl (C=O) groups is 2. The van der Waals surface area contributed by atoms with E-state index < -0.39 is 18.1 Å². The van der Waals surface area contributed by atoms with Crippen molar-refractivity contribution in [3.8, 4) is 5.69 Å². The molecule has 1 aliphatic rings. The third-order valence-electron chi connectivity index (χ3n) is 4.67. The van der Waals surface area contributed by atoms with Gasteiger partial charge in [0, 0.05) is 19.4 Å². The van der Waals surface area contributed by atoms with E-state index >= 15 is 0 Å². The second-order valence-electron chi connectivity index (χ2n) is 6.33. The topological polar surface area (TPSA) is 67.7 Å². The van der Waals surface area contributed by atoms with Gasteiger partial charge in [0.2, 0.25) is 5.91 Å². The molecule has 0 radical (unpaired) electrons. The van der Waals surface area contributed by atoms with E-state index in [1.165, 1.54) is 27.5 Å². The number of anilines is 1. The Bertz CT molecular complexity index is 1050. The predicted octanol–water partition coefficient (Wildman–Crippen LogP) is 2.93. The third-order valence-corrected chi connectivity index (χ3v) is 4.67. The normalized spacial score (nSPS) is 16.6. The van der Waals surface area contributed by atoms with Gasteiger partial charge >= 0.3 is 6.09 Å². The number of ether oxygens (including phenoxy) is 1. The van der Waals surface area contributed by atoms with Crippen LogP contribution in [0, 0.1) is 5.82 Å². The second-order valence-corrected chi connectivity index (χ2v) is 6.33. The van der Waals surface area contributed by atoms with Gasteiger partial charge in [-0.05, 0) is 24.3 Å². The smallest absolute Gasteiger partial charge is 0.416 e. The maximum Gasteiger partial charge on any atom is 0.416 e. The summed E-state index contributed by atoms with van der Waals surface area (Å²) in [6.07, 6.45) is 0.348. The van der Waals surface area contributed by atoms with Crippen LogP contribution in [0.3, 0.4) is 0 Å². The number of rotatable bonds is 3. The number of carbonyl (C=O) groups excluding carboxylic acids is 2. The van der Waals surface area contributed by atoms with Gasteiger partial charge in [-0.3, -0.25) is 9.69 Å². The van der Waals surface area contributed by atoms with Crippen LogP contribution in [0.2, 0.25) is 0 Å². The van der Waals surface area contributed by atoms with Crippen LogP contribution in [0.1, 0.15) is 6.92 Å². The van der Waals surface area contributed by atoms with Crippen molar-refractivity contribution in [3.63, 3.8) is 0 Å². The van der Waals surface area contributed by atoms with Gasteiger partial charge in [0.25, 0.3) is 0 Å². The van der Waals surface area contributed by atoms with Gasteiger partial charge < -0.3 is 9.64 Å². The highest BCUT2D eigenvalue weighted by molar-refractivity contribution is 5.90. The summed E-state index contributed by atoms with van der Waals surface area (Å²) in [5, 5.41) is 5.15. The Morgan fingerprint density at radius 2 is 2.07 bits per heavy atom. The lowest BCUT2D eigenvalue weighted by atomic mass is 10.2. The highest BCUT2D eigenvalue weighted by Gasteiger charge is 2.36. The molecule has 1 unspecified atom stereocenters. The summed E-state index contributed by atoms with van der Waals surface area (Å²) in [4.78, 5) is 26.2. The molecule has 27 heavy (non-hydrogen) atoms. The Morgan fingerprint density at radius 1 is 1.30 bits per heavy atom. The maximum absolute atomic E-state index is 14.8. The number of likely N-dealkylation sites (N-methyl/N-ethyl adjacent to an activating group) is 1. The fraction of sp³-hybridized carbons (Fsp3) is 0.211. The van der Waals surface area contributed by atoms with Gasteiger partial charge in [0.1, 0.15) is 5.69 Å². The van der Waals surface area contributed by atoms with Gasteiger partial charge in [0.05, 0.1) is 23.9 Å². The van der Waals surface area contributed by atoms with Crippen molar-refractivity contribution in [1.29, 1.82) is 0 Å². The second kappa shape index (κ2) is 6.39. The van der Waals surface area contributed by atoms with Crippen LogP contribution in [-0.2, 0) is 9.53 Å². The zero-order valence-electron chi connectivity index (χ0n) is 14.8. The van der Waals surface area contributed by atoms with Gasteiger partial charge in [-0.25, -0.2) is 13.9 Å². The summed E-state index contributed by atoms with van der Waals surface area (Å²) in [6.45, 7) is 1.53. The first-order valence-electron chi connectivity index (χ1n) is 8.40. The zero-order valence-corrected chi connectivity index (χ0v) is 14.8. The van der Waals surface area contributed by atoms with E-state index in [4.69, 9.17) is 4.74 Å². The predicted molar refractivity (Wildman–Crippen MR) is 97.1 cm³/mol. The molecule has 2 heterocycles. The molecule has 8 heteroatoms. The van der Waals surface area contributed by atoms with E-state index in [9.17, 15) is 14.0 Å². The van der Waals surface area contributed by atoms with Gasteiger partial charge in [-0.15, -0.1) is 0 Å². The van der Waals surface area contributed by atoms with Crippen molar-refractivity contribution in [3.05, 3.63) is 54.5 Å². The van der Waals surface area contributed by atoms with Crippen molar-refractivity contribution in [2.75, 3.05) is 18.5 Å². The molecule has 3 aromatic rings. The van der Waals surface area contributed by atoms with E-state index in [0.717, 1.165) is 10.9 Å². The molecule has 7 nitrogen and oxygen atoms in total. The third kappa shape index (κ3) is 2.88. The number of hydrogen-bond acceptors (Lipinski definition) is 4. The first kappa shape index (κ1) is 17.0. The summed E-state index contributed by atoms with van der Waals surface area (Å²) in [6, 6.07) is 12.0. The van der Waals surface area contributed by atoms with Crippen molar-refractivity contribution in [1.82, 2.24) is 14.7 Å². The number of amides is 2. The number of fused-ring (bicyclic) bond motifs is 1. The summed E-state index contributed by atoms with van der Waals surface area (Å²) in [5.74, 6) is -0.737. The zero-order chi connectivity index (χ0) is 19.1. The highest BCUT2D eigenvalue weighted by Crippen LogP contribution is 2.27. The van der Waals surface area contributed by atoms with Crippen LogP contribution in [-0.4, -0.2) is 46.5 Å². The molecule has 1 aromatic heterocycles. The molecular weight excluding hydrogens is 351 g/mol. The molecule has 0 spiro atoms. The molecule has 1 aliphatic heterocycles. The minimum Gasteiger partial charge on any atom is -0.423 e. The SMILES string of the molecule is CC(=O)N(C)C1CN(c2ccc(-n3ncc4ccccc43)c(F)c2)C(=O)O1. The first-order chi connectivity index (χ1) is 13.0. The van der Waals surface area contributed by atoms with E-state index in [1.807, 2.05) is 24.3 Å². The van der Waals surface area contributed by atoms with Gasteiger partial charge in [-0.1, -0.05) is 18.2 Å². The van der Waals surface area contributed by atoms with Crippen LogP contribution >= 0.6 is 0 Å². The lowest BCUT2D eigenvalue weighted by Crippen LogP contribution is -2.38. The number of para-hydroxylation sites is 1. The number of halogens is 1. The van der Waals surface area contributed by atoms with Gasteiger partial charge in [0.15, 0.2) is 12.0 Å². The largest absolute Gasteiger partial charge is 0.423 e. The Labute approximate surface area is 154 Å². The standard InChI is InChI=1S/C19H17FN4O3/c1-12(25)22(2)18-11-23(19(26)27-18)14-7-8-17(15(20)9-14)24-16-6-4-3-5-13(16)10-21-24/h3-10,18H,11H2,1-2H3. The minimum atomic E-state index is -0.701. The first-order valence-corrected chi connectivity index (χ1v) is 8.40. The summed E-state index contributed by atoms with van der Waals surface area (Å²) < 4.78 is 21.5. The van der Waals surface area contributed by atoms with Crippen molar-refractivity contribution >= 4 is 28.6 Å². The van der Waals surface area contributed by atoms with E-state index in [2.05, 4.69) is 5.10 Å². The van der Waals surface area contributed by atoms with E-state index in [-0.39, 0.29) is 18.1 Å². The maximum atomic E-state index is 14.8. The molecule has 1 atom stereocenters. The van der Waals surface area contributed by atoms with Gasteiger partial charge in [-0.2, -0.15) is 5.10 Å². The molecule has 0 saturated carbocycles. The van der Waals surface area contributed by atoms with E-state index in [0.29, 0.717) is 5.69 Å². The van der Waals surface area contributed by atoms with Crippen molar-refractivity contribution in [2.45, 2.75) is 13.2 Å². The number of benzene rings is 2. The summed E-state index contributed by atoms with van der Waals surface area (Å²) in [5.41, 5.74) is 1.43. The van der Waals surface area contributed by atoms with Crippen LogP contribution in [0.5, 0.6) is 0 Å². The highest BCUT2D eigenvalue weighted by atomic mass is 19.1. The molecule has 1 fully saturated rings. The number of aromatic nitrogens is 2. The number of cyclic esters (lactones) is 1. The lowest BCUT2D eigenvalue weighted by Gasteiger charge is -2.20. The molecule has 4 rings (SSSR count). The average Bonchev–Trinajstić information content (AvgIpc) is 3.24. The number of nitrogens with zero attached hydrogens (tertiary/aromatic N) is 4. The fourth-order valence-corrected chi connectivity index (χ4v) is 3.06. The summed E-state index contributed by atoms with van der Waals surface area (Å²) in [7, 11) is 1.55. The molecular formula is C19H17FN4O3. The van der Waals surface area contributed by atoms with Crippen LogP contribution in [0.4, 0.5) is 14.9 Å². The molecule has 138 valence electrons. The minimum absolute atomic E-state index is 0.137. The molecule has 0 aliphatic carbocycles. The van der Waals surface area contributed by atoms with E-state index in [1.54, 1.807) is 25.4 Å². The molecule has 1 saturated heterocycles. The molecule has 0 bridgehead atoms. The summed E-state index contributed by atoms with van der Waals surface area (Å²) >= 11 is 0. The Hall–Kier alpha value is -3.42. The number of hydrogen-bond donors (Lipinski definition) is 0.